The van der Waals surface area contributed by atoms with Crippen molar-refractivity contribution >= 4 is 11.8 Å². The van der Waals surface area contributed by atoms with E-state index in [2.05, 4.69) is 0 Å². The van der Waals surface area contributed by atoms with Crippen LogP contribution in [0.5, 0.6) is 0 Å². The summed E-state index contributed by atoms with van der Waals surface area (Å²) in [7, 11) is 0. The molecule has 1 atom stereocenters. The first kappa shape index (κ1) is 11.0. The molecule has 3 heteroatoms. The van der Waals surface area contributed by atoms with E-state index in [0.29, 0.717) is 6.42 Å². The van der Waals surface area contributed by atoms with E-state index < -0.39 is 5.97 Å². The summed E-state index contributed by atoms with van der Waals surface area (Å²) in [4.78, 5) is 22.1. The number of rotatable bonds is 3. The minimum atomic E-state index is -0.837. The zero-order valence-corrected chi connectivity index (χ0v) is 8.67. The average Bonchev–Trinajstić information content (AvgIpc) is 2.11. The second kappa shape index (κ2) is 4.40. The molecule has 0 spiro atoms. The minimum absolute atomic E-state index is 0.0606. The number of carboxylic acids is 1. The van der Waals surface area contributed by atoms with Crippen molar-refractivity contribution in [3.8, 4) is 0 Å². The Morgan fingerprint density at radius 3 is 2.79 bits per heavy atom. The number of carboxylic acid groups (broad SMARTS) is 1. The van der Waals surface area contributed by atoms with E-state index in [0.717, 1.165) is 24.0 Å². The molecule has 0 aromatic rings. The predicted octanol–water partition coefficient (Wildman–Crippen LogP) is 2.17. The van der Waals surface area contributed by atoms with Gasteiger partial charge in [-0.15, -0.1) is 0 Å². The Labute approximate surface area is 83.8 Å². The third-order valence-corrected chi connectivity index (χ3v) is 2.80. The molecule has 0 aromatic carbocycles. The van der Waals surface area contributed by atoms with Crippen molar-refractivity contribution in [1.29, 1.82) is 0 Å². The number of carbonyl (C=O) groups is 2. The first-order valence-electron chi connectivity index (χ1n) is 4.97. The summed E-state index contributed by atoms with van der Waals surface area (Å²) in [5.41, 5.74) is 1.83. The first-order chi connectivity index (χ1) is 6.52. The van der Waals surface area contributed by atoms with Crippen LogP contribution in [0.25, 0.3) is 0 Å². The molecule has 1 N–H and O–H groups in total. The molecule has 1 unspecified atom stereocenters. The van der Waals surface area contributed by atoms with Gasteiger partial charge in [-0.25, -0.2) is 0 Å². The first-order valence-corrected chi connectivity index (χ1v) is 4.97. The average molecular weight is 196 g/mol. The predicted molar refractivity (Wildman–Crippen MR) is 53.0 cm³/mol. The Morgan fingerprint density at radius 2 is 2.21 bits per heavy atom. The Hall–Kier alpha value is -1.12. The molecule has 0 fully saturated rings. The van der Waals surface area contributed by atoms with E-state index in [-0.39, 0.29) is 18.1 Å². The molecule has 1 aliphatic carbocycles. The summed E-state index contributed by atoms with van der Waals surface area (Å²) in [5, 5.41) is 8.55. The summed E-state index contributed by atoms with van der Waals surface area (Å²) >= 11 is 0. The molecular weight excluding hydrogens is 180 g/mol. The van der Waals surface area contributed by atoms with Gasteiger partial charge in [0.2, 0.25) is 0 Å². The van der Waals surface area contributed by atoms with Gasteiger partial charge in [-0.05, 0) is 31.8 Å². The quantitative estimate of drug-likeness (QED) is 0.752. The van der Waals surface area contributed by atoms with Gasteiger partial charge in [0.1, 0.15) is 0 Å². The maximum absolute atomic E-state index is 11.7. The highest BCUT2D eigenvalue weighted by atomic mass is 16.4. The van der Waals surface area contributed by atoms with E-state index in [1.54, 1.807) is 0 Å². The van der Waals surface area contributed by atoms with Crippen molar-refractivity contribution in [2.24, 2.45) is 5.92 Å². The normalized spacial score (nSPS) is 22.7. The number of allylic oxidation sites excluding steroid dienone is 2. The van der Waals surface area contributed by atoms with E-state index in [1.807, 2.05) is 13.8 Å². The third-order valence-electron chi connectivity index (χ3n) is 2.80. The van der Waals surface area contributed by atoms with Gasteiger partial charge in [-0.2, -0.15) is 0 Å². The lowest BCUT2D eigenvalue weighted by Crippen LogP contribution is -2.20. The van der Waals surface area contributed by atoms with Gasteiger partial charge in [-0.1, -0.05) is 12.5 Å². The molecule has 0 aromatic heterocycles. The van der Waals surface area contributed by atoms with Gasteiger partial charge in [0.05, 0.1) is 0 Å². The zero-order valence-electron chi connectivity index (χ0n) is 8.67. The molecule has 1 rings (SSSR count). The van der Waals surface area contributed by atoms with Crippen LogP contribution in [0.2, 0.25) is 0 Å². The molecule has 0 amide bonds. The zero-order chi connectivity index (χ0) is 10.7. The summed E-state index contributed by atoms with van der Waals surface area (Å²) in [5.74, 6) is -0.617. The van der Waals surface area contributed by atoms with E-state index in [9.17, 15) is 9.59 Å². The lowest BCUT2D eigenvalue weighted by Gasteiger charge is -2.21. The maximum atomic E-state index is 11.7. The largest absolute Gasteiger partial charge is 0.481 e. The smallest absolute Gasteiger partial charge is 0.303 e. The highest BCUT2D eigenvalue weighted by Crippen LogP contribution is 2.28. The molecule has 0 radical (unpaired) electrons. The molecule has 0 bridgehead atoms. The lowest BCUT2D eigenvalue weighted by atomic mass is 9.82. The summed E-state index contributed by atoms with van der Waals surface area (Å²) < 4.78 is 0. The number of hydrogen-bond donors (Lipinski definition) is 1. The molecule has 1 aliphatic rings. The van der Waals surface area contributed by atoms with Gasteiger partial charge >= 0.3 is 5.97 Å². The van der Waals surface area contributed by atoms with Crippen LogP contribution in [0.3, 0.4) is 0 Å². The Bertz CT molecular complexity index is 289. The van der Waals surface area contributed by atoms with Gasteiger partial charge in [0.15, 0.2) is 5.78 Å². The molecule has 0 saturated carbocycles. The fourth-order valence-electron chi connectivity index (χ4n) is 1.79. The third kappa shape index (κ3) is 2.44. The van der Waals surface area contributed by atoms with Crippen molar-refractivity contribution in [3.05, 3.63) is 11.1 Å². The monoisotopic (exact) mass is 196 g/mol. The Kier molecular flexibility index (Phi) is 3.44. The molecular formula is C11H16O3. The summed E-state index contributed by atoms with van der Waals surface area (Å²) in [6.45, 7) is 3.84. The van der Waals surface area contributed by atoms with Crippen LogP contribution in [0.4, 0.5) is 0 Å². The van der Waals surface area contributed by atoms with Gasteiger partial charge in [0, 0.05) is 12.3 Å². The van der Waals surface area contributed by atoms with Gasteiger partial charge in [-0.3, -0.25) is 9.59 Å². The summed E-state index contributed by atoms with van der Waals surface area (Å²) in [6, 6.07) is 0. The fraction of sp³-hybridized carbons (Fsp3) is 0.636. The Balaban J connectivity index is 2.72. The van der Waals surface area contributed by atoms with Crippen molar-refractivity contribution in [2.45, 2.75) is 39.5 Å². The highest BCUT2D eigenvalue weighted by Gasteiger charge is 2.24. The van der Waals surface area contributed by atoms with Crippen LogP contribution >= 0.6 is 0 Å². The van der Waals surface area contributed by atoms with Crippen molar-refractivity contribution in [2.75, 3.05) is 0 Å². The molecule has 3 nitrogen and oxygen atoms in total. The number of ketones is 1. The van der Waals surface area contributed by atoms with E-state index in [1.165, 1.54) is 0 Å². The minimum Gasteiger partial charge on any atom is -0.481 e. The van der Waals surface area contributed by atoms with Crippen molar-refractivity contribution < 1.29 is 14.7 Å². The molecule has 0 heterocycles. The fourth-order valence-corrected chi connectivity index (χ4v) is 1.79. The Morgan fingerprint density at radius 1 is 1.57 bits per heavy atom. The van der Waals surface area contributed by atoms with E-state index in [4.69, 9.17) is 5.11 Å². The highest BCUT2D eigenvalue weighted by molar-refractivity contribution is 5.98. The second-order valence-corrected chi connectivity index (χ2v) is 3.96. The van der Waals surface area contributed by atoms with Crippen LogP contribution in [-0.2, 0) is 9.59 Å². The number of aliphatic carboxylic acids is 1. The molecule has 78 valence electrons. The van der Waals surface area contributed by atoms with Crippen LogP contribution < -0.4 is 0 Å². The van der Waals surface area contributed by atoms with Crippen molar-refractivity contribution in [1.82, 2.24) is 0 Å². The topological polar surface area (TPSA) is 54.4 Å². The standard InChI is InChI=1S/C11H16O3/c1-7-3-4-8(2)11(14)9(7)5-6-10(12)13/h8H,3-6H2,1-2H3,(H,12,13). The molecule has 0 saturated heterocycles. The van der Waals surface area contributed by atoms with E-state index >= 15 is 0 Å². The number of hydrogen-bond acceptors (Lipinski definition) is 2. The van der Waals surface area contributed by atoms with Gasteiger partial charge in [0.25, 0.3) is 0 Å². The van der Waals surface area contributed by atoms with Crippen LogP contribution in [0, 0.1) is 5.92 Å². The van der Waals surface area contributed by atoms with Crippen LogP contribution in [0.1, 0.15) is 39.5 Å². The summed E-state index contributed by atoms with van der Waals surface area (Å²) in [6.07, 6.45) is 2.29. The SMILES string of the molecule is CC1=C(CCC(=O)O)C(=O)C(C)CC1. The van der Waals surface area contributed by atoms with Gasteiger partial charge < -0.3 is 5.11 Å². The van der Waals surface area contributed by atoms with Crippen LogP contribution in [-0.4, -0.2) is 16.9 Å². The number of carbonyl (C=O) groups excluding carboxylic acids is 1. The van der Waals surface area contributed by atoms with Crippen molar-refractivity contribution in [3.63, 3.8) is 0 Å². The maximum Gasteiger partial charge on any atom is 0.303 e. The molecule has 0 aliphatic heterocycles. The lowest BCUT2D eigenvalue weighted by molar-refractivity contribution is -0.136. The molecule has 14 heavy (non-hydrogen) atoms. The number of Topliss-reactive ketones (excluding diaryl/α,β-unsaturated/α-hetero) is 1. The van der Waals surface area contributed by atoms with Crippen LogP contribution in [0.15, 0.2) is 11.1 Å². The second-order valence-electron chi connectivity index (χ2n) is 3.96.